The van der Waals surface area contributed by atoms with Gasteiger partial charge < -0.3 is 15.3 Å². The average Bonchev–Trinajstić information content (AvgIpc) is 2.38. The third kappa shape index (κ3) is 3.28. The highest BCUT2D eigenvalue weighted by atomic mass is 16.3. The molecule has 1 rings (SSSR count). The van der Waals surface area contributed by atoms with Gasteiger partial charge in [0.05, 0.1) is 6.10 Å². The fourth-order valence-corrected chi connectivity index (χ4v) is 1.63. The summed E-state index contributed by atoms with van der Waals surface area (Å²) in [6.45, 7) is 3.72. The van der Waals surface area contributed by atoms with Crippen molar-refractivity contribution in [3.8, 4) is 0 Å². The normalized spacial score (nSPS) is 19.1. The molecule has 0 aliphatic carbocycles. The topological polar surface area (TPSA) is 107 Å². The summed E-state index contributed by atoms with van der Waals surface area (Å²) in [5.41, 5.74) is 0. The maximum Gasteiger partial charge on any atom is 0.325 e. The van der Waals surface area contributed by atoms with E-state index >= 15 is 0 Å². The van der Waals surface area contributed by atoms with Crippen molar-refractivity contribution in [3.05, 3.63) is 0 Å². The number of urea groups is 1. The molecule has 0 aromatic heterocycles. The zero-order valence-corrected chi connectivity index (χ0v) is 10.8. The van der Waals surface area contributed by atoms with Gasteiger partial charge in [0.1, 0.15) is 6.04 Å². The standard InChI is InChI=1S/C11H16N3O5/c1-3-13-4-5-14(10(18)9(13)17)11(19)12-8(6-15)7(2)16/h7-8,16H,3-5H2,1-2H3,(H,12,19)/t7-,8?/m0/s1. The maximum absolute atomic E-state index is 11.8. The first-order chi connectivity index (χ1) is 8.92. The van der Waals surface area contributed by atoms with Crippen molar-refractivity contribution in [1.29, 1.82) is 0 Å². The van der Waals surface area contributed by atoms with Gasteiger partial charge in [-0.25, -0.2) is 4.79 Å². The number of aliphatic hydroxyl groups excluding tert-OH is 1. The highest BCUT2D eigenvalue weighted by Gasteiger charge is 2.36. The van der Waals surface area contributed by atoms with Gasteiger partial charge in [0, 0.05) is 19.6 Å². The maximum atomic E-state index is 11.8. The summed E-state index contributed by atoms with van der Waals surface area (Å²) in [4.78, 5) is 47.6. The van der Waals surface area contributed by atoms with E-state index in [1.807, 2.05) is 0 Å². The van der Waals surface area contributed by atoms with Crippen molar-refractivity contribution in [3.63, 3.8) is 0 Å². The Bertz CT molecular complexity index is 396. The van der Waals surface area contributed by atoms with Crippen LogP contribution in [0.5, 0.6) is 0 Å². The molecule has 0 aromatic carbocycles. The first-order valence-electron chi connectivity index (χ1n) is 5.89. The molecular formula is C11H16N3O5. The third-order valence-corrected chi connectivity index (χ3v) is 2.82. The van der Waals surface area contributed by atoms with Gasteiger partial charge in [0.25, 0.3) is 0 Å². The molecule has 1 aliphatic rings. The Hall–Kier alpha value is -1.96. The van der Waals surface area contributed by atoms with E-state index in [0.717, 1.165) is 4.90 Å². The van der Waals surface area contributed by atoms with Gasteiger partial charge >= 0.3 is 17.8 Å². The number of carbonyl (C=O) groups excluding carboxylic acids is 4. The Kier molecular flexibility index (Phi) is 4.99. The number of piperazine rings is 1. The average molecular weight is 270 g/mol. The summed E-state index contributed by atoms with van der Waals surface area (Å²) in [6, 6.07) is -2.12. The van der Waals surface area contributed by atoms with Crippen molar-refractivity contribution >= 4 is 24.1 Å². The van der Waals surface area contributed by atoms with Crippen LogP contribution in [0.3, 0.4) is 0 Å². The number of rotatable bonds is 4. The second kappa shape index (κ2) is 6.28. The van der Waals surface area contributed by atoms with Crippen molar-refractivity contribution in [2.24, 2.45) is 0 Å². The van der Waals surface area contributed by atoms with Crippen LogP contribution in [0.4, 0.5) is 4.79 Å². The number of aliphatic hydroxyl groups is 1. The summed E-state index contributed by atoms with van der Waals surface area (Å²) in [6.07, 6.45) is 0.317. The van der Waals surface area contributed by atoms with Crippen LogP contribution in [0, 0.1) is 0 Å². The lowest BCUT2D eigenvalue weighted by Crippen LogP contribution is -2.60. The number of nitrogens with zero attached hydrogens (tertiary/aromatic N) is 2. The predicted octanol–water partition coefficient (Wildman–Crippen LogP) is -1.75. The van der Waals surface area contributed by atoms with Gasteiger partial charge in [-0.15, -0.1) is 0 Å². The Labute approximate surface area is 110 Å². The van der Waals surface area contributed by atoms with Crippen LogP contribution in [0.1, 0.15) is 13.8 Å². The van der Waals surface area contributed by atoms with E-state index in [-0.39, 0.29) is 13.1 Å². The van der Waals surface area contributed by atoms with E-state index in [0.29, 0.717) is 6.54 Å². The summed E-state index contributed by atoms with van der Waals surface area (Å²) in [5.74, 6) is -1.70. The first kappa shape index (κ1) is 15.1. The zero-order valence-electron chi connectivity index (χ0n) is 10.8. The predicted molar refractivity (Wildman–Crippen MR) is 63.7 cm³/mol. The summed E-state index contributed by atoms with van der Waals surface area (Å²) < 4.78 is 0. The Morgan fingerprint density at radius 2 is 2.05 bits per heavy atom. The van der Waals surface area contributed by atoms with E-state index in [9.17, 15) is 24.3 Å². The van der Waals surface area contributed by atoms with Crippen molar-refractivity contribution in [1.82, 2.24) is 15.1 Å². The first-order valence-corrected chi connectivity index (χ1v) is 5.89. The molecule has 105 valence electrons. The Morgan fingerprint density at radius 1 is 1.42 bits per heavy atom. The van der Waals surface area contributed by atoms with Crippen molar-refractivity contribution in [2.75, 3.05) is 19.6 Å². The molecule has 1 unspecified atom stereocenters. The Balaban J connectivity index is 2.71. The molecule has 2 N–H and O–H groups in total. The van der Waals surface area contributed by atoms with E-state index in [1.54, 1.807) is 6.92 Å². The largest absolute Gasteiger partial charge is 0.391 e. The minimum absolute atomic E-state index is 0.0512. The number of carbonyl (C=O) groups is 3. The number of hydrogen-bond donors (Lipinski definition) is 2. The van der Waals surface area contributed by atoms with Crippen LogP contribution in [0.15, 0.2) is 0 Å². The lowest BCUT2D eigenvalue weighted by molar-refractivity contribution is -0.153. The summed E-state index contributed by atoms with van der Waals surface area (Å²) in [7, 11) is 0. The summed E-state index contributed by atoms with van der Waals surface area (Å²) >= 11 is 0. The molecule has 4 amide bonds. The zero-order chi connectivity index (χ0) is 14.6. The van der Waals surface area contributed by atoms with Crippen LogP contribution in [-0.4, -0.2) is 70.8 Å². The van der Waals surface area contributed by atoms with Crippen LogP contribution in [0.2, 0.25) is 0 Å². The van der Waals surface area contributed by atoms with Crippen LogP contribution in [0.25, 0.3) is 0 Å². The minimum Gasteiger partial charge on any atom is -0.391 e. The highest BCUT2D eigenvalue weighted by molar-refractivity contribution is 6.38. The highest BCUT2D eigenvalue weighted by Crippen LogP contribution is 2.05. The molecule has 8 heteroatoms. The second-order valence-electron chi connectivity index (χ2n) is 4.13. The molecule has 1 saturated heterocycles. The lowest BCUT2D eigenvalue weighted by atomic mass is 10.2. The van der Waals surface area contributed by atoms with Crippen molar-refractivity contribution < 1.29 is 24.3 Å². The molecule has 0 bridgehead atoms. The number of amides is 4. The SMILES string of the molecule is CCN1CCN(C(=O)NC([C]=O)[C@H](C)O)C(=O)C1=O. The van der Waals surface area contributed by atoms with Crippen LogP contribution < -0.4 is 5.32 Å². The van der Waals surface area contributed by atoms with Gasteiger partial charge in [0.15, 0.2) is 0 Å². The minimum atomic E-state index is -1.24. The molecular weight excluding hydrogens is 254 g/mol. The third-order valence-electron chi connectivity index (χ3n) is 2.82. The molecule has 0 saturated carbocycles. The smallest absolute Gasteiger partial charge is 0.325 e. The number of imide groups is 1. The fourth-order valence-electron chi connectivity index (χ4n) is 1.63. The Morgan fingerprint density at radius 3 is 2.53 bits per heavy atom. The number of hydrogen-bond acceptors (Lipinski definition) is 5. The van der Waals surface area contributed by atoms with E-state index in [4.69, 9.17) is 0 Å². The monoisotopic (exact) mass is 270 g/mol. The molecule has 0 aromatic rings. The molecule has 1 heterocycles. The van der Waals surface area contributed by atoms with Crippen molar-refractivity contribution in [2.45, 2.75) is 26.0 Å². The second-order valence-corrected chi connectivity index (χ2v) is 4.13. The molecule has 8 nitrogen and oxygen atoms in total. The lowest BCUT2D eigenvalue weighted by Gasteiger charge is -2.32. The van der Waals surface area contributed by atoms with Crippen LogP contribution in [-0.2, 0) is 14.4 Å². The van der Waals surface area contributed by atoms with Crippen LogP contribution >= 0.6 is 0 Å². The molecule has 0 spiro atoms. The molecule has 1 aliphatic heterocycles. The van der Waals surface area contributed by atoms with E-state index in [1.165, 1.54) is 18.1 Å². The van der Waals surface area contributed by atoms with E-state index < -0.39 is 30.0 Å². The number of nitrogens with one attached hydrogen (secondary N) is 1. The van der Waals surface area contributed by atoms with E-state index in [2.05, 4.69) is 5.32 Å². The molecule has 2 atom stereocenters. The van der Waals surface area contributed by atoms with Gasteiger partial charge in [-0.1, -0.05) is 0 Å². The molecule has 1 fully saturated rings. The van der Waals surface area contributed by atoms with Gasteiger partial charge in [-0.05, 0) is 13.8 Å². The quantitative estimate of drug-likeness (QED) is 0.589. The molecule has 19 heavy (non-hydrogen) atoms. The van der Waals surface area contributed by atoms with Gasteiger partial charge in [-0.2, -0.15) is 0 Å². The fraction of sp³-hybridized carbons (Fsp3) is 0.636. The van der Waals surface area contributed by atoms with Gasteiger partial charge in [-0.3, -0.25) is 19.3 Å². The summed E-state index contributed by atoms with van der Waals surface area (Å²) in [5, 5.41) is 11.3. The molecule has 1 radical (unpaired) electrons. The number of likely N-dealkylation sites (N-methyl/N-ethyl adjacent to an activating group) is 1. The van der Waals surface area contributed by atoms with Gasteiger partial charge in [0.2, 0.25) is 6.29 Å².